The van der Waals surface area contributed by atoms with Crippen LogP contribution in [0.2, 0.25) is 5.02 Å². The van der Waals surface area contributed by atoms with Gasteiger partial charge in [0, 0.05) is 3.57 Å². The highest BCUT2D eigenvalue weighted by Gasteiger charge is 2.15. The summed E-state index contributed by atoms with van der Waals surface area (Å²) in [4.78, 5) is 16.6. The molecular weight excluding hydrogens is 385 g/mol. The van der Waals surface area contributed by atoms with Crippen molar-refractivity contribution in [2.45, 2.75) is 6.92 Å². The maximum absolute atomic E-state index is 12.1. The van der Waals surface area contributed by atoms with Gasteiger partial charge in [-0.05, 0) is 47.7 Å². The Balaban J connectivity index is 2.26. The molecule has 3 N–H and O–H groups in total. The first-order chi connectivity index (χ1) is 8.47. The van der Waals surface area contributed by atoms with Gasteiger partial charge in [0.2, 0.25) is 0 Å². The summed E-state index contributed by atoms with van der Waals surface area (Å²) in [5.41, 5.74) is 6.77. The maximum Gasteiger partial charge on any atom is 0.267 e. The van der Waals surface area contributed by atoms with Gasteiger partial charge in [-0.15, -0.1) is 0 Å². The molecule has 1 amide bonds. The van der Waals surface area contributed by atoms with E-state index in [0.717, 1.165) is 14.9 Å². The van der Waals surface area contributed by atoms with E-state index in [-0.39, 0.29) is 5.91 Å². The predicted molar refractivity (Wildman–Crippen MR) is 83.4 cm³/mol. The molecule has 0 saturated heterocycles. The first-order valence-electron chi connectivity index (χ1n) is 4.96. The fraction of sp³-hybridized carbons (Fsp3) is 0.0909. The second-order valence-corrected chi connectivity index (χ2v) is 6.23. The van der Waals surface area contributed by atoms with Crippen molar-refractivity contribution >= 4 is 62.3 Å². The van der Waals surface area contributed by atoms with Gasteiger partial charge in [0.15, 0.2) is 5.13 Å². The molecule has 0 radical (unpaired) electrons. The van der Waals surface area contributed by atoms with Crippen LogP contribution in [-0.4, -0.2) is 10.9 Å². The van der Waals surface area contributed by atoms with E-state index in [2.05, 4.69) is 32.9 Å². The summed E-state index contributed by atoms with van der Waals surface area (Å²) >= 11 is 9.33. The highest BCUT2D eigenvalue weighted by atomic mass is 127. The highest BCUT2D eigenvalue weighted by molar-refractivity contribution is 14.1. The molecule has 0 aliphatic carbocycles. The van der Waals surface area contributed by atoms with E-state index < -0.39 is 0 Å². The van der Waals surface area contributed by atoms with Crippen molar-refractivity contribution in [3.05, 3.63) is 37.4 Å². The Kier molecular flexibility index (Phi) is 4.08. The molecule has 0 aliphatic rings. The zero-order chi connectivity index (χ0) is 13.3. The Labute approximate surface area is 127 Å². The number of aromatic nitrogens is 1. The van der Waals surface area contributed by atoms with Crippen LogP contribution in [0.4, 0.5) is 10.8 Å². The summed E-state index contributed by atoms with van der Waals surface area (Å²) in [5.74, 6) is -0.245. The van der Waals surface area contributed by atoms with Crippen molar-refractivity contribution in [2.75, 3.05) is 11.1 Å². The maximum atomic E-state index is 12.1. The minimum Gasteiger partial charge on any atom is -0.375 e. The van der Waals surface area contributed by atoms with Gasteiger partial charge < -0.3 is 11.1 Å². The number of nitrogens with zero attached hydrogens (tertiary/aromatic N) is 1. The van der Waals surface area contributed by atoms with E-state index >= 15 is 0 Å². The van der Waals surface area contributed by atoms with Crippen LogP contribution >= 0.6 is 45.5 Å². The van der Waals surface area contributed by atoms with Gasteiger partial charge in [0.1, 0.15) is 4.88 Å². The minimum absolute atomic E-state index is 0.245. The van der Waals surface area contributed by atoms with Crippen LogP contribution in [0.1, 0.15) is 15.4 Å². The van der Waals surface area contributed by atoms with E-state index in [1.807, 2.05) is 6.07 Å². The number of hydrogen-bond acceptors (Lipinski definition) is 4. The number of nitrogens with one attached hydrogen (secondary N) is 1. The molecule has 0 saturated carbocycles. The van der Waals surface area contributed by atoms with Gasteiger partial charge in [-0.2, -0.15) is 0 Å². The summed E-state index contributed by atoms with van der Waals surface area (Å²) in [6.07, 6.45) is 0. The zero-order valence-electron chi connectivity index (χ0n) is 9.33. The lowest BCUT2D eigenvalue weighted by Gasteiger charge is -2.06. The first-order valence-corrected chi connectivity index (χ1v) is 7.24. The van der Waals surface area contributed by atoms with Crippen LogP contribution < -0.4 is 11.1 Å². The van der Waals surface area contributed by atoms with E-state index in [9.17, 15) is 4.79 Å². The van der Waals surface area contributed by atoms with Crippen LogP contribution in [0.5, 0.6) is 0 Å². The van der Waals surface area contributed by atoms with Crippen LogP contribution in [-0.2, 0) is 0 Å². The Morgan fingerprint density at radius 2 is 2.28 bits per heavy atom. The fourth-order valence-corrected chi connectivity index (χ4v) is 2.79. The number of benzene rings is 1. The number of nitrogen functional groups attached to an aromatic ring is 1. The summed E-state index contributed by atoms with van der Waals surface area (Å²) in [6.45, 7) is 1.75. The molecular formula is C11H9ClIN3OS. The fourth-order valence-electron chi connectivity index (χ4n) is 1.40. The molecule has 0 bridgehead atoms. The van der Waals surface area contributed by atoms with Gasteiger partial charge in [-0.3, -0.25) is 4.79 Å². The molecule has 0 unspecified atom stereocenters. The second kappa shape index (κ2) is 5.41. The van der Waals surface area contributed by atoms with Gasteiger partial charge in [0.25, 0.3) is 5.91 Å². The molecule has 2 aromatic rings. The summed E-state index contributed by atoms with van der Waals surface area (Å²) in [7, 11) is 0. The number of aryl methyl sites for hydroxylation is 1. The van der Waals surface area contributed by atoms with Crippen molar-refractivity contribution < 1.29 is 4.79 Å². The average Bonchev–Trinajstić information content (AvgIpc) is 2.63. The molecule has 1 aromatic heterocycles. The molecule has 1 aromatic carbocycles. The molecule has 0 fully saturated rings. The Bertz CT molecular complexity index is 614. The van der Waals surface area contributed by atoms with Crippen molar-refractivity contribution in [1.29, 1.82) is 0 Å². The van der Waals surface area contributed by atoms with E-state index in [0.29, 0.717) is 26.4 Å². The molecule has 2 rings (SSSR count). The van der Waals surface area contributed by atoms with E-state index in [1.54, 1.807) is 19.1 Å². The summed E-state index contributed by atoms with van der Waals surface area (Å²) in [5, 5.41) is 3.64. The van der Waals surface area contributed by atoms with Crippen molar-refractivity contribution in [1.82, 2.24) is 4.98 Å². The number of carbonyl (C=O) groups is 1. The van der Waals surface area contributed by atoms with Crippen molar-refractivity contribution in [2.24, 2.45) is 0 Å². The first kappa shape index (κ1) is 13.6. The normalized spacial score (nSPS) is 10.4. The highest BCUT2D eigenvalue weighted by Crippen LogP contribution is 2.26. The van der Waals surface area contributed by atoms with Crippen LogP contribution in [0.15, 0.2) is 18.2 Å². The summed E-state index contributed by atoms with van der Waals surface area (Å²) in [6, 6.07) is 5.42. The number of hydrogen-bond donors (Lipinski definition) is 2. The third kappa shape index (κ3) is 2.93. The lowest BCUT2D eigenvalue weighted by Crippen LogP contribution is -2.12. The lowest BCUT2D eigenvalue weighted by molar-refractivity contribution is 0.103. The number of carbonyl (C=O) groups excluding carboxylic acids is 1. The predicted octanol–water partition coefficient (Wildman–Crippen LogP) is 3.54. The third-order valence-electron chi connectivity index (χ3n) is 2.20. The van der Waals surface area contributed by atoms with Gasteiger partial charge >= 0.3 is 0 Å². The Hall–Kier alpha value is -0.860. The van der Waals surface area contributed by atoms with Crippen LogP contribution in [0.3, 0.4) is 0 Å². The standard InChI is InChI=1S/C11H9ClIN3OS/c1-5-9(18-11(14)15-5)10(17)16-8-4-6(13)2-3-7(8)12/h2-4H,1H3,(H2,14,15)(H,16,17). The molecule has 4 nitrogen and oxygen atoms in total. The smallest absolute Gasteiger partial charge is 0.267 e. The minimum atomic E-state index is -0.245. The number of amides is 1. The van der Waals surface area contributed by atoms with Crippen LogP contribution in [0, 0.1) is 10.5 Å². The van der Waals surface area contributed by atoms with Crippen molar-refractivity contribution in [3.8, 4) is 0 Å². The molecule has 1 heterocycles. The molecule has 7 heteroatoms. The van der Waals surface area contributed by atoms with Crippen LogP contribution in [0.25, 0.3) is 0 Å². The summed E-state index contributed by atoms with van der Waals surface area (Å²) < 4.78 is 0.993. The molecule has 0 aliphatic heterocycles. The number of anilines is 2. The second-order valence-electron chi connectivity index (χ2n) is 3.54. The topological polar surface area (TPSA) is 68.0 Å². The Morgan fingerprint density at radius 1 is 1.56 bits per heavy atom. The Morgan fingerprint density at radius 3 is 2.89 bits per heavy atom. The lowest BCUT2D eigenvalue weighted by atomic mass is 10.3. The molecule has 94 valence electrons. The van der Waals surface area contributed by atoms with Gasteiger partial charge in [-0.25, -0.2) is 4.98 Å². The molecule has 0 spiro atoms. The average molecular weight is 394 g/mol. The SMILES string of the molecule is Cc1nc(N)sc1C(=O)Nc1cc(I)ccc1Cl. The van der Waals surface area contributed by atoms with E-state index in [1.165, 1.54) is 0 Å². The number of rotatable bonds is 2. The van der Waals surface area contributed by atoms with E-state index in [4.69, 9.17) is 17.3 Å². The van der Waals surface area contributed by atoms with Gasteiger partial charge in [0.05, 0.1) is 16.4 Å². The number of halogens is 2. The third-order valence-corrected chi connectivity index (χ3v) is 4.18. The largest absolute Gasteiger partial charge is 0.375 e. The van der Waals surface area contributed by atoms with Crippen molar-refractivity contribution in [3.63, 3.8) is 0 Å². The number of thiazole rings is 1. The molecule has 0 atom stereocenters. The number of nitrogens with two attached hydrogens (primary N) is 1. The van der Waals surface area contributed by atoms with Gasteiger partial charge in [-0.1, -0.05) is 22.9 Å². The zero-order valence-corrected chi connectivity index (χ0v) is 13.1. The monoisotopic (exact) mass is 393 g/mol. The molecule has 18 heavy (non-hydrogen) atoms. The quantitative estimate of drug-likeness (QED) is 0.767.